The molecule has 3 rings (SSSR count). The van der Waals surface area contributed by atoms with Gasteiger partial charge in [0, 0.05) is 13.1 Å². The largest absolute Gasteiger partial charge is 0.497 e. The predicted octanol–water partition coefficient (Wildman–Crippen LogP) is 3.49. The van der Waals surface area contributed by atoms with Crippen molar-refractivity contribution in [2.24, 2.45) is 0 Å². The van der Waals surface area contributed by atoms with Gasteiger partial charge in [-0.3, -0.25) is 4.90 Å². The summed E-state index contributed by atoms with van der Waals surface area (Å²) in [6, 6.07) is 19.6. The van der Waals surface area contributed by atoms with Gasteiger partial charge in [-0.25, -0.2) is 0 Å². The number of methoxy groups -OCH3 is 1. The molecular weight excluding hydrogens is 234 g/mol. The van der Waals surface area contributed by atoms with Gasteiger partial charge in [0.1, 0.15) is 5.75 Å². The van der Waals surface area contributed by atoms with Crippen LogP contribution in [0, 0.1) is 0 Å². The van der Waals surface area contributed by atoms with Crippen LogP contribution in [0.25, 0.3) is 0 Å². The molecule has 1 atom stereocenters. The number of likely N-dealkylation sites (tertiary alicyclic amines) is 1. The van der Waals surface area contributed by atoms with Gasteiger partial charge >= 0.3 is 0 Å². The van der Waals surface area contributed by atoms with E-state index in [1.807, 2.05) is 12.1 Å². The third-order valence-electron chi connectivity index (χ3n) is 3.80. The molecule has 1 aliphatic rings. The molecule has 0 spiro atoms. The first-order valence-corrected chi connectivity index (χ1v) is 6.81. The summed E-state index contributed by atoms with van der Waals surface area (Å²) in [5.74, 6) is 0.916. The van der Waals surface area contributed by atoms with Crippen molar-refractivity contribution in [3.8, 4) is 5.75 Å². The van der Waals surface area contributed by atoms with Crippen LogP contribution in [0.4, 0.5) is 0 Å². The van der Waals surface area contributed by atoms with Gasteiger partial charge in [-0.15, -0.1) is 0 Å². The standard InChI is InChI=1S/C17H19NO/c1-19-16-10-8-15(9-11-16)17(18-12-5-13-18)14-6-3-2-4-7-14/h2-4,6-11,17H,5,12-13H2,1H3. The summed E-state index contributed by atoms with van der Waals surface area (Å²) < 4.78 is 5.24. The lowest BCUT2D eigenvalue weighted by Gasteiger charge is -2.39. The lowest BCUT2D eigenvalue weighted by Crippen LogP contribution is -2.40. The van der Waals surface area contributed by atoms with Crippen LogP contribution in [-0.4, -0.2) is 25.1 Å². The number of benzene rings is 2. The maximum absolute atomic E-state index is 5.24. The van der Waals surface area contributed by atoms with Gasteiger partial charge in [-0.05, 0) is 29.7 Å². The minimum atomic E-state index is 0.376. The van der Waals surface area contributed by atoms with Crippen LogP contribution in [-0.2, 0) is 0 Å². The topological polar surface area (TPSA) is 12.5 Å². The lowest BCUT2D eigenvalue weighted by atomic mass is 9.94. The fourth-order valence-electron chi connectivity index (χ4n) is 2.63. The fourth-order valence-corrected chi connectivity index (χ4v) is 2.63. The molecule has 1 saturated heterocycles. The van der Waals surface area contributed by atoms with Crippen molar-refractivity contribution in [3.63, 3.8) is 0 Å². The summed E-state index contributed by atoms with van der Waals surface area (Å²) in [5, 5.41) is 0. The van der Waals surface area contributed by atoms with Crippen LogP contribution in [0.5, 0.6) is 5.75 Å². The summed E-state index contributed by atoms with van der Waals surface area (Å²) in [7, 11) is 1.71. The van der Waals surface area contributed by atoms with E-state index >= 15 is 0 Å². The highest BCUT2D eigenvalue weighted by Crippen LogP contribution is 2.32. The molecule has 0 amide bonds. The van der Waals surface area contributed by atoms with E-state index in [0.29, 0.717) is 6.04 Å². The number of nitrogens with zero attached hydrogens (tertiary/aromatic N) is 1. The average molecular weight is 253 g/mol. The van der Waals surface area contributed by atoms with Crippen molar-refractivity contribution >= 4 is 0 Å². The van der Waals surface area contributed by atoms with E-state index in [9.17, 15) is 0 Å². The third-order valence-corrected chi connectivity index (χ3v) is 3.80. The summed E-state index contributed by atoms with van der Waals surface area (Å²) in [5.41, 5.74) is 2.71. The first-order chi connectivity index (χ1) is 9.38. The van der Waals surface area contributed by atoms with Gasteiger partial charge in [-0.1, -0.05) is 42.5 Å². The first-order valence-electron chi connectivity index (χ1n) is 6.81. The monoisotopic (exact) mass is 253 g/mol. The number of rotatable bonds is 4. The van der Waals surface area contributed by atoms with Gasteiger partial charge in [0.25, 0.3) is 0 Å². The zero-order valence-corrected chi connectivity index (χ0v) is 11.3. The van der Waals surface area contributed by atoms with Crippen molar-refractivity contribution < 1.29 is 4.74 Å². The Morgan fingerprint density at radius 2 is 1.53 bits per heavy atom. The molecule has 0 radical (unpaired) electrons. The van der Waals surface area contributed by atoms with Crippen molar-refractivity contribution in [1.29, 1.82) is 0 Å². The zero-order valence-electron chi connectivity index (χ0n) is 11.3. The van der Waals surface area contributed by atoms with Crippen LogP contribution < -0.4 is 4.74 Å². The normalized spacial score (nSPS) is 16.7. The second-order valence-corrected chi connectivity index (χ2v) is 4.98. The van der Waals surface area contributed by atoms with E-state index in [0.717, 1.165) is 5.75 Å². The number of hydrogen-bond donors (Lipinski definition) is 0. The molecule has 0 aliphatic carbocycles. The van der Waals surface area contributed by atoms with Crippen molar-refractivity contribution in [3.05, 3.63) is 65.7 Å². The molecular formula is C17H19NO. The molecule has 1 aliphatic heterocycles. The highest BCUT2D eigenvalue weighted by Gasteiger charge is 2.26. The summed E-state index contributed by atoms with van der Waals surface area (Å²) >= 11 is 0. The summed E-state index contributed by atoms with van der Waals surface area (Å²) in [4.78, 5) is 2.52. The molecule has 98 valence electrons. The molecule has 0 saturated carbocycles. The molecule has 0 bridgehead atoms. The first kappa shape index (κ1) is 12.2. The van der Waals surface area contributed by atoms with Gasteiger partial charge in [0.2, 0.25) is 0 Å². The smallest absolute Gasteiger partial charge is 0.118 e. The summed E-state index contributed by atoms with van der Waals surface area (Å²) in [6.07, 6.45) is 1.31. The predicted molar refractivity (Wildman–Crippen MR) is 77.5 cm³/mol. The van der Waals surface area contributed by atoms with Gasteiger partial charge in [0.05, 0.1) is 13.2 Å². The quantitative estimate of drug-likeness (QED) is 0.827. The molecule has 1 fully saturated rings. The molecule has 2 aromatic carbocycles. The van der Waals surface area contributed by atoms with Crippen LogP contribution in [0.15, 0.2) is 54.6 Å². The molecule has 0 aromatic heterocycles. The lowest BCUT2D eigenvalue weighted by molar-refractivity contribution is 0.140. The maximum atomic E-state index is 5.24. The molecule has 0 N–H and O–H groups in total. The Labute approximate surface area is 114 Å². The highest BCUT2D eigenvalue weighted by molar-refractivity contribution is 5.35. The van der Waals surface area contributed by atoms with E-state index in [4.69, 9.17) is 4.74 Å². The Morgan fingerprint density at radius 1 is 0.895 bits per heavy atom. The van der Waals surface area contributed by atoms with Crippen molar-refractivity contribution in [1.82, 2.24) is 4.90 Å². The Hall–Kier alpha value is -1.80. The Balaban J connectivity index is 1.94. The second-order valence-electron chi connectivity index (χ2n) is 4.98. The zero-order chi connectivity index (χ0) is 13.1. The fraction of sp³-hybridized carbons (Fsp3) is 0.294. The van der Waals surface area contributed by atoms with E-state index in [1.165, 1.54) is 30.6 Å². The summed E-state index contributed by atoms with van der Waals surface area (Å²) in [6.45, 7) is 2.37. The van der Waals surface area contributed by atoms with E-state index in [2.05, 4.69) is 47.4 Å². The number of hydrogen-bond acceptors (Lipinski definition) is 2. The number of ether oxygens (including phenoxy) is 1. The third kappa shape index (κ3) is 2.49. The van der Waals surface area contributed by atoms with Crippen molar-refractivity contribution in [2.75, 3.05) is 20.2 Å². The molecule has 19 heavy (non-hydrogen) atoms. The average Bonchev–Trinajstić information content (AvgIpc) is 2.44. The van der Waals surface area contributed by atoms with E-state index in [1.54, 1.807) is 7.11 Å². The molecule has 2 nitrogen and oxygen atoms in total. The molecule has 1 heterocycles. The van der Waals surface area contributed by atoms with E-state index < -0.39 is 0 Å². The van der Waals surface area contributed by atoms with Gasteiger partial charge in [-0.2, -0.15) is 0 Å². The van der Waals surface area contributed by atoms with Crippen LogP contribution in [0.3, 0.4) is 0 Å². The van der Waals surface area contributed by atoms with Gasteiger partial charge in [0.15, 0.2) is 0 Å². The minimum Gasteiger partial charge on any atom is -0.497 e. The minimum absolute atomic E-state index is 0.376. The van der Waals surface area contributed by atoms with Crippen molar-refractivity contribution in [2.45, 2.75) is 12.5 Å². The highest BCUT2D eigenvalue weighted by atomic mass is 16.5. The molecule has 1 unspecified atom stereocenters. The van der Waals surface area contributed by atoms with Crippen LogP contribution in [0.2, 0.25) is 0 Å². The van der Waals surface area contributed by atoms with Crippen LogP contribution >= 0.6 is 0 Å². The molecule has 2 aromatic rings. The van der Waals surface area contributed by atoms with Crippen LogP contribution in [0.1, 0.15) is 23.6 Å². The maximum Gasteiger partial charge on any atom is 0.118 e. The molecule has 2 heteroatoms. The Morgan fingerprint density at radius 3 is 2.05 bits per heavy atom. The Bertz CT molecular complexity index is 517. The van der Waals surface area contributed by atoms with E-state index in [-0.39, 0.29) is 0 Å². The second kappa shape index (κ2) is 5.45. The Kier molecular flexibility index (Phi) is 3.51. The van der Waals surface area contributed by atoms with Gasteiger partial charge < -0.3 is 4.74 Å². The SMILES string of the molecule is COc1ccc(C(c2ccccc2)N2CCC2)cc1.